The van der Waals surface area contributed by atoms with E-state index in [1.54, 1.807) is 6.07 Å². The number of H-pyrrole nitrogens is 1. The molecule has 1 aromatic rings. The maximum absolute atomic E-state index is 13.0. The van der Waals surface area contributed by atoms with Crippen molar-refractivity contribution in [1.29, 1.82) is 0 Å². The maximum Gasteiger partial charge on any atom is 0.248 e. The molecule has 0 bridgehead atoms. The first-order valence-corrected chi connectivity index (χ1v) is 6.23. The lowest BCUT2D eigenvalue weighted by atomic mass is 9.86. The lowest BCUT2D eigenvalue weighted by molar-refractivity contribution is -0.124. The summed E-state index contributed by atoms with van der Waals surface area (Å²) in [7, 11) is 0. The second-order valence-corrected chi connectivity index (χ2v) is 4.75. The number of nitrogens with zero attached hydrogens (tertiary/aromatic N) is 1. The summed E-state index contributed by atoms with van der Waals surface area (Å²) >= 11 is 0. The quantitative estimate of drug-likeness (QED) is 0.874. The zero-order valence-electron chi connectivity index (χ0n) is 10.3. The number of nitrogens with one attached hydrogen (secondary N) is 2. The van der Waals surface area contributed by atoms with Crippen molar-refractivity contribution in [3.05, 3.63) is 11.8 Å². The molecule has 1 fully saturated rings. The Bertz CT molecular complexity index is 421. The number of carbonyl (C=O) groups excluding carboxylic acids is 1. The summed E-state index contributed by atoms with van der Waals surface area (Å²) in [5.74, 6) is -2.67. The van der Waals surface area contributed by atoms with Crippen LogP contribution in [0.15, 0.2) is 6.07 Å². The fourth-order valence-electron chi connectivity index (χ4n) is 2.14. The molecule has 1 aliphatic carbocycles. The van der Waals surface area contributed by atoms with Crippen molar-refractivity contribution >= 4 is 11.7 Å². The molecule has 1 amide bonds. The molecule has 1 aromatic heterocycles. The van der Waals surface area contributed by atoms with Gasteiger partial charge < -0.3 is 5.32 Å². The number of carbonyl (C=O) groups is 1. The molecule has 1 heterocycles. The molecule has 4 nitrogen and oxygen atoms in total. The van der Waals surface area contributed by atoms with Crippen LogP contribution in [0.5, 0.6) is 0 Å². The van der Waals surface area contributed by atoms with Gasteiger partial charge in [0.1, 0.15) is 0 Å². The van der Waals surface area contributed by atoms with Gasteiger partial charge in [-0.05, 0) is 19.3 Å². The van der Waals surface area contributed by atoms with Gasteiger partial charge in [0.25, 0.3) is 0 Å². The summed E-state index contributed by atoms with van der Waals surface area (Å²) in [6, 6.07) is 1.76. The van der Waals surface area contributed by atoms with Gasteiger partial charge in [0.2, 0.25) is 11.8 Å². The van der Waals surface area contributed by atoms with Crippen LogP contribution in [-0.2, 0) is 11.2 Å². The van der Waals surface area contributed by atoms with Gasteiger partial charge in [-0.1, -0.05) is 6.92 Å². The first kappa shape index (κ1) is 13.0. The molecule has 100 valence electrons. The number of aromatic amines is 1. The van der Waals surface area contributed by atoms with E-state index in [-0.39, 0.29) is 37.5 Å². The Morgan fingerprint density at radius 1 is 1.56 bits per heavy atom. The van der Waals surface area contributed by atoms with Crippen LogP contribution in [0.4, 0.5) is 14.6 Å². The van der Waals surface area contributed by atoms with Gasteiger partial charge in [0.15, 0.2) is 5.82 Å². The Morgan fingerprint density at radius 3 is 2.78 bits per heavy atom. The Morgan fingerprint density at radius 2 is 2.22 bits per heavy atom. The third-order valence-electron chi connectivity index (χ3n) is 3.35. The number of aryl methyl sites for hydroxylation is 1. The monoisotopic (exact) mass is 257 g/mol. The Balaban J connectivity index is 1.89. The van der Waals surface area contributed by atoms with Crippen molar-refractivity contribution in [2.75, 3.05) is 5.32 Å². The highest BCUT2D eigenvalue weighted by atomic mass is 19.3. The van der Waals surface area contributed by atoms with Crippen LogP contribution in [-0.4, -0.2) is 22.0 Å². The molecule has 0 unspecified atom stereocenters. The molecule has 6 heteroatoms. The van der Waals surface area contributed by atoms with Crippen LogP contribution in [0.3, 0.4) is 0 Å². The molecular weight excluding hydrogens is 240 g/mol. The van der Waals surface area contributed by atoms with Crippen LogP contribution in [0.1, 0.15) is 38.3 Å². The summed E-state index contributed by atoms with van der Waals surface area (Å²) in [6.45, 7) is 1.97. The minimum Gasteiger partial charge on any atom is -0.309 e. The van der Waals surface area contributed by atoms with E-state index in [4.69, 9.17) is 0 Å². The third kappa shape index (κ3) is 3.05. The lowest BCUT2D eigenvalue weighted by Gasteiger charge is -2.27. The summed E-state index contributed by atoms with van der Waals surface area (Å²) < 4.78 is 25.9. The normalized spacial score (nSPS) is 19.7. The number of alkyl halides is 2. The van der Waals surface area contributed by atoms with Crippen molar-refractivity contribution in [2.45, 2.75) is 45.0 Å². The Labute approximate surface area is 104 Å². The van der Waals surface area contributed by atoms with Gasteiger partial charge in [-0.15, -0.1) is 0 Å². The first-order chi connectivity index (χ1) is 8.50. The molecule has 0 saturated heterocycles. The molecule has 2 rings (SSSR count). The molecule has 0 radical (unpaired) electrons. The average Bonchev–Trinajstić information content (AvgIpc) is 2.76. The number of anilines is 1. The molecule has 1 saturated carbocycles. The summed E-state index contributed by atoms with van der Waals surface area (Å²) in [5, 5.41) is 9.40. The van der Waals surface area contributed by atoms with E-state index in [9.17, 15) is 13.6 Å². The van der Waals surface area contributed by atoms with E-state index in [0.29, 0.717) is 5.82 Å². The zero-order chi connectivity index (χ0) is 13.2. The summed E-state index contributed by atoms with van der Waals surface area (Å²) in [4.78, 5) is 11.9. The van der Waals surface area contributed by atoms with Crippen molar-refractivity contribution in [3.63, 3.8) is 0 Å². The third-order valence-corrected chi connectivity index (χ3v) is 3.35. The number of amides is 1. The maximum atomic E-state index is 13.0. The highest BCUT2D eigenvalue weighted by Crippen LogP contribution is 2.36. The first-order valence-electron chi connectivity index (χ1n) is 6.23. The second kappa shape index (κ2) is 5.04. The predicted octanol–water partition coefficient (Wildman–Crippen LogP) is 2.74. The minimum absolute atomic E-state index is 0.203. The van der Waals surface area contributed by atoms with Gasteiger partial charge in [-0.25, -0.2) is 8.78 Å². The SMILES string of the molecule is CCc1cc(NC(=O)C2CCC(F)(F)CC2)n[nH]1. The van der Waals surface area contributed by atoms with Gasteiger partial charge in [-0.3, -0.25) is 9.89 Å². The van der Waals surface area contributed by atoms with E-state index >= 15 is 0 Å². The highest BCUT2D eigenvalue weighted by Gasteiger charge is 2.37. The highest BCUT2D eigenvalue weighted by molar-refractivity contribution is 5.91. The summed E-state index contributed by atoms with van der Waals surface area (Å²) in [6.07, 6.45) is 0.879. The Hall–Kier alpha value is -1.46. The summed E-state index contributed by atoms with van der Waals surface area (Å²) in [5.41, 5.74) is 0.931. The van der Waals surface area contributed by atoms with Crippen molar-refractivity contribution in [3.8, 4) is 0 Å². The standard InChI is InChI=1S/C12H17F2N3O/c1-2-9-7-10(17-16-9)15-11(18)8-3-5-12(13,14)6-4-8/h7-8H,2-6H2,1H3,(H2,15,16,17,18). The predicted molar refractivity (Wildman–Crippen MR) is 63.5 cm³/mol. The number of hydrogen-bond acceptors (Lipinski definition) is 2. The van der Waals surface area contributed by atoms with Gasteiger partial charge in [0.05, 0.1) is 0 Å². The van der Waals surface area contributed by atoms with E-state index in [0.717, 1.165) is 12.1 Å². The number of halogens is 2. The number of rotatable bonds is 3. The van der Waals surface area contributed by atoms with Crippen LogP contribution in [0, 0.1) is 5.92 Å². The molecular formula is C12H17F2N3O. The number of aromatic nitrogens is 2. The molecule has 0 atom stereocenters. The molecule has 1 aliphatic rings. The van der Waals surface area contributed by atoms with Crippen LogP contribution in [0.25, 0.3) is 0 Å². The number of hydrogen-bond donors (Lipinski definition) is 2. The Kier molecular flexibility index (Phi) is 3.63. The fraction of sp³-hybridized carbons (Fsp3) is 0.667. The van der Waals surface area contributed by atoms with E-state index in [2.05, 4.69) is 15.5 Å². The van der Waals surface area contributed by atoms with Gasteiger partial charge in [0, 0.05) is 30.5 Å². The topological polar surface area (TPSA) is 57.8 Å². The minimum atomic E-state index is -2.60. The largest absolute Gasteiger partial charge is 0.309 e. The zero-order valence-corrected chi connectivity index (χ0v) is 10.3. The van der Waals surface area contributed by atoms with Crippen LogP contribution < -0.4 is 5.32 Å². The molecule has 0 aromatic carbocycles. The van der Waals surface area contributed by atoms with Gasteiger partial charge >= 0.3 is 0 Å². The van der Waals surface area contributed by atoms with Gasteiger partial charge in [-0.2, -0.15) is 5.10 Å². The van der Waals surface area contributed by atoms with E-state index in [1.165, 1.54) is 0 Å². The van der Waals surface area contributed by atoms with E-state index in [1.807, 2.05) is 6.92 Å². The second-order valence-electron chi connectivity index (χ2n) is 4.75. The van der Waals surface area contributed by atoms with Crippen molar-refractivity contribution < 1.29 is 13.6 Å². The lowest BCUT2D eigenvalue weighted by Crippen LogP contribution is -2.31. The molecule has 0 aliphatic heterocycles. The van der Waals surface area contributed by atoms with Crippen molar-refractivity contribution in [2.24, 2.45) is 5.92 Å². The van der Waals surface area contributed by atoms with Crippen LogP contribution in [0.2, 0.25) is 0 Å². The van der Waals surface area contributed by atoms with Crippen molar-refractivity contribution in [1.82, 2.24) is 10.2 Å². The van der Waals surface area contributed by atoms with Crippen LogP contribution >= 0.6 is 0 Å². The fourth-order valence-corrected chi connectivity index (χ4v) is 2.14. The molecule has 18 heavy (non-hydrogen) atoms. The molecule has 0 spiro atoms. The molecule has 2 N–H and O–H groups in total. The smallest absolute Gasteiger partial charge is 0.248 e. The van der Waals surface area contributed by atoms with E-state index < -0.39 is 5.92 Å². The average molecular weight is 257 g/mol.